The van der Waals surface area contributed by atoms with Gasteiger partial charge in [-0.05, 0) is 26.3 Å². The molecule has 8 heteroatoms. The number of fused-ring (bicyclic) bond motifs is 1. The van der Waals surface area contributed by atoms with Crippen molar-refractivity contribution in [3.05, 3.63) is 15.8 Å². The van der Waals surface area contributed by atoms with Gasteiger partial charge in [-0.15, -0.1) is 0 Å². The van der Waals surface area contributed by atoms with Gasteiger partial charge in [-0.2, -0.15) is 4.98 Å². The molecule has 2 aliphatic rings. The van der Waals surface area contributed by atoms with E-state index in [2.05, 4.69) is 14.9 Å². The summed E-state index contributed by atoms with van der Waals surface area (Å²) >= 11 is 0. The van der Waals surface area contributed by atoms with Crippen LogP contribution in [0.4, 0.5) is 17.5 Å². The number of nitrogens with two attached hydrogens (primary N) is 1. The molecule has 0 aromatic carbocycles. The monoisotopic (exact) mass is 292 g/mol. The van der Waals surface area contributed by atoms with E-state index in [9.17, 15) is 10.1 Å². The van der Waals surface area contributed by atoms with Crippen molar-refractivity contribution in [2.75, 3.05) is 36.8 Å². The van der Waals surface area contributed by atoms with Crippen molar-refractivity contribution in [2.45, 2.75) is 32.2 Å². The summed E-state index contributed by atoms with van der Waals surface area (Å²) in [5.74, 6) is 0.467. The van der Waals surface area contributed by atoms with Gasteiger partial charge < -0.3 is 10.6 Å². The standard InChI is InChI=1S/C13H20N6O2/c1-9-11(19(20)21)12(16-13(14)15-9)18-7-6-17-5-3-2-4-10(17)8-18/h10H,2-8H2,1H3,(H2,14,15,16). The van der Waals surface area contributed by atoms with Gasteiger partial charge in [-0.1, -0.05) is 6.42 Å². The predicted molar refractivity (Wildman–Crippen MR) is 79.3 cm³/mol. The normalized spacial score (nSPS) is 22.9. The highest BCUT2D eigenvalue weighted by atomic mass is 16.6. The fourth-order valence-corrected chi connectivity index (χ4v) is 3.36. The average Bonchev–Trinajstić information content (AvgIpc) is 2.45. The van der Waals surface area contributed by atoms with Gasteiger partial charge in [-0.3, -0.25) is 15.0 Å². The Balaban J connectivity index is 1.91. The first-order valence-electron chi connectivity index (χ1n) is 7.34. The van der Waals surface area contributed by atoms with Crippen LogP contribution in [0, 0.1) is 17.0 Å². The number of aromatic nitrogens is 2. The highest BCUT2D eigenvalue weighted by molar-refractivity contribution is 5.62. The van der Waals surface area contributed by atoms with Crippen LogP contribution in [0.15, 0.2) is 0 Å². The molecule has 0 amide bonds. The van der Waals surface area contributed by atoms with E-state index in [4.69, 9.17) is 5.73 Å². The zero-order valence-electron chi connectivity index (χ0n) is 12.2. The zero-order valence-corrected chi connectivity index (χ0v) is 12.2. The molecule has 2 aliphatic heterocycles. The van der Waals surface area contributed by atoms with Crippen molar-refractivity contribution in [1.29, 1.82) is 0 Å². The summed E-state index contributed by atoms with van der Waals surface area (Å²) < 4.78 is 0. The molecule has 2 saturated heterocycles. The summed E-state index contributed by atoms with van der Waals surface area (Å²) in [6.45, 7) is 5.18. The van der Waals surface area contributed by atoms with E-state index in [1.807, 2.05) is 4.90 Å². The third-order valence-electron chi connectivity index (χ3n) is 4.38. The van der Waals surface area contributed by atoms with Gasteiger partial charge in [-0.25, -0.2) is 4.98 Å². The fraction of sp³-hybridized carbons (Fsp3) is 0.692. The number of anilines is 2. The van der Waals surface area contributed by atoms with Gasteiger partial charge in [0.25, 0.3) is 0 Å². The Labute approximate surface area is 123 Å². The molecule has 21 heavy (non-hydrogen) atoms. The van der Waals surface area contributed by atoms with E-state index in [1.165, 1.54) is 12.8 Å². The van der Waals surface area contributed by atoms with Crippen molar-refractivity contribution in [3.63, 3.8) is 0 Å². The van der Waals surface area contributed by atoms with E-state index in [-0.39, 0.29) is 11.6 Å². The van der Waals surface area contributed by atoms with E-state index in [0.717, 1.165) is 32.6 Å². The zero-order chi connectivity index (χ0) is 15.0. The molecule has 0 saturated carbocycles. The summed E-state index contributed by atoms with van der Waals surface area (Å²) in [6, 6.07) is 0.462. The lowest BCUT2D eigenvalue weighted by Crippen LogP contribution is -2.55. The molecule has 0 aliphatic carbocycles. The SMILES string of the molecule is Cc1nc(N)nc(N2CCN3CCCCC3C2)c1[N+](=O)[O-]. The van der Waals surface area contributed by atoms with E-state index in [1.54, 1.807) is 6.92 Å². The Morgan fingerprint density at radius 3 is 2.86 bits per heavy atom. The highest BCUT2D eigenvalue weighted by Crippen LogP contribution is 2.32. The Hall–Kier alpha value is -1.96. The van der Waals surface area contributed by atoms with Crippen LogP contribution in [0.2, 0.25) is 0 Å². The Kier molecular flexibility index (Phi) is 3.62. The van der Waals surface area contributed by atoms with Crippen molar-refractivity contribution in [2.24, 2.45) is 0 Å². The van der Waals surface area contributed by atoms with E-state index >= 15 is 0 Å². The molecular weight excluding hydrogens is 272 g/mol. The van der Waals surface area contributed by atoms with Crippen LogP contribution in [-0.2, 0) is 0 Å². The first-order valence-corrected chi connectivity index (χ1v) is 7.34. The average molecular weight is 292 g/mol. The number of rotatable bonds is 2. The maximum absolute atomic E-state index is 11.3. The number of hydrogen-bond acceptors (Lipinski definition) is 7. The second kappa shape index (κ2) is 5.44. The summed E-state index contributed by atoms with van der Waals surface area (Å²) in [5, 5.41) is 11.3. The molecule has 2 N–H and O–H groups in total. The number of nitrogens with zero attached hydrogens (tertiary/aromatic N) is 5. The lowest BCUT2D eigenvalue weighted by atomic mass is 9.99. The minimum Gasteiger partial charge on any atom is -0.368 e. The Morgan fingerprint density at radius 2 is 2.10 bits per heavy atom. The van der Waals surface area contributed by atoms with Crippen LogP contribution in [0.5, 0.6) is 0 Å². The maximum Gasteiger partial charge on any atom is 0.332 e. The molecule has 0 radical (unpaired) electrons. The fourth-order valence-electron chi connectivity index (χ4n) is 3.36. The number of hydrogen-bond donors (Lipinski definition) is 1. The van der Waals surface area contributed by atoms with Gasteiger partial charge in [0.1, 0.15) is 5.69 Å². The lowest BCUT2D eigenvalue weighted by Gasteiger charge is -2.44. The largest absolute Gasteiger partial charge is 0.368 e. The Bertz CT molecular complexity index is 564. The molecule has 0 bridgehead atoms. The first kappa shape index (κ1) is 14.0. The smallest absolute Gasteiger partial charge is 0.332 e. The third-order valence-corrected chi connectivity index (χ3v) is 4.38. The molecule has 3 rings (SSSR count). The van der Waals surface area contributed by atoms with Crippen molar-refractivity contribution in [3.8, 4) is 0 Å². The summed E-state index contributed by atoms with van der Waals surface area (Å²) in [6.07, 6.45) is 3.61. The molecule has 1 atom stereocenters. The molecule has 1 unspecified atom stereocenters. The number of piperazine rings is 1. The molecule has 3 heterocycles. The topological polar surface area (TPSA) is 101 Å². The molecule has 2 fully saturated rings. The number of nitrogen functional groups attached to an aromatic ring is 1. The second-order valence-corrected chi connectivity index (χ2v) is 5.73. The van der Waals surface area contributed by atoms with Crippen LogP contribution in [0.25, 0.3) is 0 Å². The first-order chi connectivity index (χ1) is 10.1. The van der Waals surface area contributed by atoms with E-state index in [0.29, 0.717) is 17.6 Å². The Morgan fingerprint density at radius 1 is 1.29 bits per heavy atom. The van der Waals surface area contributed by atoms with Crippen LogP contribution in [-0.4, -0.2) is 52.0 Å². The van der Waals surface area contributed by atoms with Gasteiger partial charge in [0, 0.05) is 25.7 Å². The molecule has 1 aromatic rings. The predicted octanol–water partition coefficient (Wildman–Crippen LogP) is 0.950. The minimum absolute atomic E-state index is 0.0199. The highest BCUT2D eigenvalue weighted by Gasteiger charge is 2.33. The van der Waals surface area contributed by atoms with Crippen LogP contribution in [0.1, 0.15) is 25.0 Å². The molecular formula is C13H20N6O2. The lowest BCUT2D eigenvalue weighted by molar-refractivity contribution is -0.385. The van der Waals surface area contributed by atoms with Crippen LogP contribution >= 0.6 is 0 Å². The van der Waals surface area contributed by atoms with Gasteiger partial charge >= 0.3 is 5.69 Å². The minimum atomic E-state index is -0.405. The van der Waals surface area contributed by atoms with Crippen LogP contribution in [0.3, 0.4) is 0 Å². The van der Waals surface area contributed by atoms with Gasteiger partial charge in [0.05, 0.1) is 4.92 Å². The summed E-state index contributed by atoms with van der Waals surface area (Å²) in [4.78, 5) is 23.5. The summed E-state index contributed by atoms with van der Waals surface area (Å²) in [5.41, 5.74) is 5.99. The molecule has 8 nitrogen and oxygen atoms in total. The van der Waals surface area contributed by atoms with Crippen molar-refractivity contribution < 1.29 is 4.92 Å². The number of piperidine rings is 1. The van der Waals surface area contributed by atoms with Gasteiger partial charge in [0.15, 0.2) is 0 Å². The third kappa shape index (κ3) is 2.63. The molecule has 1 aromatic heterocycles. The molecule has 0 spiro atoms. The molecule has 114 valence electrons. The quantitative estimate of drug-likeness (QED) is 0.639. The van der Waals surface area contributed by atoms with Crippen molar-refractivity contribution >= 4 is 17.5 Å². The number of aryl methyl sites for hydroxylation is 1. The maximum atomic E-state index is 11.3. The van der Waals surface area contributed by atoms with Crippen LogP contribution < -0.4 is 10.6 Å². The van der Waals surface area contributed by atoms with E-state index < -0.39 is 4.92 Å². The second-order valence-electron chi connectivity index (χ2n) is 5.73. The summed E-state index contributed by atoms with van der Waals surface area (Å²) in [7, 11) is 0. The van der Waals surface area contributed by atoms with Gasteiger partial charge in [0.2, 0.25) is 11.8 Å². The number of nitro groups is 1. The van der Waals surface area contributed by atoms with Crippen molar-refractivity contribution in [1.82, 2.24) is 14.9 Å².